The molecule has 0 atom stereocenters. The van der Waals surface area contributed by atoms with Gasteiger partial charge in [0.05, 0.1) is 5.54 Å². The Balaban J connectivity index is 1.97. The number of nitrogens with two attached hydrogens (primary N) is 1. The smallest absolute Gasteiger partial charge is 0.216 e. The van der Waals surface area contributed by atoms with E-state index in [1.165, 1.54) is 19.3 Å². The average Bonchev–Trinajstić information content (AvgIpc) is 2.29. The van der Waals surface area contributed by atoms with E-state index in [9.17, 15) is 0 Å². The summed E-state index contributed by atoms with van der Waals surface area (Å²) in [6, 6.07) is 2.01. The molecular weight excluding hydrogens is 280 g/mol. The van der Waals surface area contributed by atoms with Crippen molar-refractivity contribution in [3.8, 4) is 5.88 Å². The van der Waals surface area contributed by atoms with Gasteiger partial charge in [0.25, 0.3) is 0 Å². The minimum Gasteiger partial charge on any atom is -0.476 e. The Morgan fingerprint density at radius 2 is 2.12 bits per heavy atom. The molecule has 0 amide bonds. The van der Waals surface area contributed by atoms with Crippen LogP contribution >= 0.6 is 15.9 Å². The molecule has 1 aliphatic rings. The molecule has 0 aliphatic heterocycles. The molecule has 1 heterocycles. The third kappa shape index (κ3) is 3.42. The number of hydrogen-bond acceptors (Lipinski definition) is 3. The Kier molecular flexibility index (Phi) is 4.05. The molecule has 2 N–H and O–H groups in total. The summed E-state index contributed by atoms with van der Waals surface area (Å²) < 4.78 is 6.75. The lowest BCUT2D eigenvalue weighted by Gasteiger charge is -2.32. The second kappa shape index (κ2) is 5.36. The predicted molar refractivity (Wildman–Crippen MR) is 72.2 cm³/mol. The maximum atomic E-state index is 6.32. The second-order valence-electron chi connectivity index (χ2n) is 4.99. The van der Waals surface area contributed by atoms with Gasteiger partial charge in [0, 0.05) is 16.2 Å². The number of ether oxygens (including phenoxy) is 1. The molecule has 0 bridgehead atoms. The SMILES string of the molecule is Cc1cc(Br)cnc1OCC1(N)CCCCC1. The molecule has 1 aliphatic carbocycles. The molecule has 0 aromatic carbocycles. The first-order valence-corrected chi connectivity index (χ1v) is 6.92. The van der Waals surface area contributed by atoms with Crippen LogP contribution in [-0.2, 0) is 0 Å². The van der Waals surface area contributed by atoms with Crippen molar-refractivity contribution in [2.24, 2.45) is 5.73 Å². The zero-order valence-electron chi connectivity index (χ0n) is 10.2. The molecular formula is C13H19BrN2O. The van der Waals surface area contributed by atoms with Gasteiger partial charge in [-0.25, -0.2) is 4.98 Å². The summed E-state index contributed by atoms with van der Waals surface area (Å²) in [4.78, 5) is 4.27. The summed E-state index contributed by atoms with van der Waals surface area (Å²) >= 11 is 3.39. The highest BCUT2D eigenvalue weighted by Gasteiger charge is 2.28. The van der Waals surface area contributed by atoms with Crippen LogP contribution < -0.4 is 10.5 Å². The van der Waals surface area contributed by atoms with Gasteiger partial charge in [0.1, 0.15) is 6.61 Å². The van der Waals surface area contributed by atoms with Crippen molar-refractivity contribution in [2.45, 2.75) is 44.6 Å². The van der Waals surface area contributed by atoms with E-state index in [1.807, 2.05) is 13.0 Å². The summed E-state index contributed by atoms with van der Waals surface area (Å²) in [5.74, 6) is 0.698. The number of rotatable bonds is 3. The Labute approximate surface area is 111 Å². The van der Waals surface area contributed by atoms with Crippen LogP contribution in [0.25, 0.3) is 0 Å². The molecule has 1 aromatic rings. The van der Waals surface area contributed by atoms with Crippen LogP contribution in [0.15, 0.2) is 16.7 Å². The summed E-state index contributed by atoms with van der Waals surface area (Å²) in [7, 11) is 0. The van der Waals surface area contributed by atoms with Crippen LogP contribution in [-0.4, -0.2) is 17.1 Å². The largest absolute Gasteiger partial charge is 0.476 e. The maximum Gasteiger partial charge on any atom is 0.216 e. The first-order chi connectivity index (χ1) is 8.09. The first kappa shape index (κ1) is 12.8. The van der Waals surface area contributed by atoms with E-state index >= 15 is 0 Å². The minimum absolute atomic E-state index is 0.153. The van der Waals surface area contributed by atoms with Crippen molar-refractivity contribution >= 4 is 15.9 Å². The van der Waals surface area contributed by atoms with Gasteiger partial charge in [-0.15, -0.1) is 0 Å². The fraction of sp³-hybridized carbons (Fsp3) is 0.615. The molecule has 0 unspecified atom stereocenters. The topological polar surface area (TPSA) is 48.1 Å². The van der Waals surface area contributed by atoms with E-state index < -0.39 is 0 Å². The van der Waals surface area contributed by atoms with Crippen molar-refractivity contribution in [1.29, 1.82) is 0 Å². The van der Waals surface area contributed by atoms with Crippen molar-refractivity contribution in [2.75, 3.05) is 6.61 Å². The number of hydrogen-bond donors (Lipinski definition) is 1. The first-order valence-electron chi connectivity index (χ1n) is 6.13. The number of halogens is 1. The molecule has 3 nitrogen and oxygen atoms in total. The van der Waals surface area contributed by atoms with Gasteiger partial charge >= 0.3 is 0 Å². The summed E-state index contributed by atoms with van der Waals surface area (Å²) in [5, 5.41) is 0. The predicted octanol–water partition coefficient (Wildman–Crippen LogP) is 3.19. The second-order valence-corrected chi connectivity index (χ2v) is 5.90. The fourth-order valence-corrected chi connectivity index (χ4v) is 2.74. The lowest BCUT2D eigenvalue weighted by molar-refractivity contribution is 0.168. The van der Waals surface area contributed by atoms with Crippen molar-refractivity contribution in [1.82, 2.24) is 4.98 Å². The summed E-state index contributed by atoms with van der Waals surface area (Å²) in [6.45, 7) is 2.57. The molecule has 94 valence electrons. The lowest BCUT2D eigenvalue weighted by atomic mass is 9.83. The standard InChI is InChI=1S/C13H19BrN2O/c1-10-7-11(14)8-16-12(10)17-9-13(15)5-3-2-4-6-13/h7-8H,2-6,9,15H2,1H3. The van der Waals surface area contributed by atoms with Crippen LogP contribution in [0.2, 0.25) is 0 Å². The minimum atomic E-state index is -0.153. The van der Waals surface area contributed by atoms with Gasteiger partial charge in [0.15, 0.2) is 0 Å². The summed E-state index contributed by atoms with van der Waals surface area (Å²) in [5.41, 5.74) is 7.21. The fourth-order valence-electron chi connectivity index (χ4n) is 2.29. The van der Waals surface area contributed by atoms with Crippen molar-refractivity contribution in [3.63, 3.8) is 0 Å². The quantitative estimate of drug-likeness (QED) is 0.932. The van der Waals surface area contributed by atoms with Crippen LogP contribution in [0.3, 0.4) is 0 Å². The Morgan fingerprint density at radius 1 is 1.41 bits per heavy atom. The van der Waals surface area contributed by atoms with Gasteiger partial charge in [0.2, 0.25) is 5.88 Å². The van der Waals surface area contributed by atoms with Crippen molar-refractivity contribution < 1.29 is 4.74 Å². The molecule has 1 saturated carbocycles. The Bertz CT molecular complexity index is 389. The molecule has 2 rings (SSSR count). The highest BCUT2D eigenvalue weighted by atomic mass is 79.9. The Hall–Kier alpha value is -0.610. The molecule has 0 radical (unpaired) electrons. The van der Waals surface area contributed by atoms with E-state index in [4.69, 9.17) is 10.5 Å². The molecule has 4 heteroatoms. The number of aryl methyl sites for hydroxylation is 1. The highest BCUT2D eigenvalue weighted by molar-refractivity contribution is 9.10. The monoisotopic (exact) mass is 298 g/mol. The van der Waals surface area contributed by atoms with Crippen LogP contribution in [0.4, 0.5) is 0 Å². The van der Waals surface area contributed by atoms with Gasteiger partial charge in [-0.2, -0.15) is 0 Å². The van der Waals surface area contributed by atoms with E-state index in [1.54, 1.807) is 6.20 Å². The molecule has 17 heavy (non-hydrogen) atoms. The maximum absolute atomic E-state index is 6.32. The van der Waals surface area contributed by atoms with Gasteiger partial charge in [-0.3, -0.25) is 0 Å². The number of pyridine rings is 1. The zero-order chi connectivity index (χ0) is 12.3. The summed E-state index contributed by atoms with van der Waals surface area (Å²) in [6.07, 6.45) is 7.60. The molecule has 0 spiro atoms. The van der Waals surface area contributed by atoms with Gasteiger partial charge in [-0.1, -0.05) is 19.3 Å². The number of aromatic nitrogens is 1. The zero-order valence-corrected chi connectivity index (χ0v) is 11.8. The van der Waals surface area contributed by atoms with E-state index in [-0.39, 0.29) is 5.54 Å². The Morgan fingerprint density at radius 3 is 2.76 bits per heavy atom. The third-order valence-corrected chi connectivity index (χ3v) is 3.78. The highest BCUT2D eigenvalue weighted by Crippen LogP contribution is 2.27. The molecule has 0 saturated heterocycles. The van der Waals surface area contributed by atoms with Gasteiger partial charge < -0.3 is 10.5 Å². The number of nitrogens with zero attached hydrogens (tertiary/aromatic N) is 1. The van der Waals surface area contributed by atoms with Crippen molar-refractivity contribution in [3.05, 3.63) is 22.3 Å². The van der Waals surface area contributed by atoms with E-state index in [0.717, 1.165) is 22.9 Å². The molecule has 1 aromatic heterocycles. The molecule has 1 fully saturated rings. The van der Waals surface area contributed by atoms with Crippen LogP contribution in [0.5, 0.6) is 5.88 Å². The van der Waals surface area contributed by atoms with Crippen LogP contribution in [0.1, 0.15) is 37.7 Å². The third-order valence-electron chi connectivity index (χ3n) is 3.34. The van der Waals surface area contributed by atoms with E-state index in [0.29, 0.717) is 12.5 Å². The van der Waals surface area contributed by atoms with E-state index in [2.05, 4.69) is 20.9 Å². The van der Waals surface area contributed by atoms with Crippen LogP contribution in [0, 0.1) is 6.92 Å². The average molecular weight is 299 g/mol. The normalized spacial score (nSPS) is 19.0. The van der Waals surface area contributed by atoms with Gasteiger partial charge in [-0.05, 0) is 41.8 Å². The lowest BCUT2D eigenvalue weighted by Crippen LogP contribution is -2.47.